The molecule has 0 fully saturated rings. The monoisotopic (exact) mass is 219 g/mol. The standard InChI is InChI=1S/C14H21NO/c1-5-16-11-6-7-13-12(8-11)10(2)9-14(3,4)15-13/h6-8,10,15H,5,9H2,1-4H3/t10-/m0/s1. The highest BCUT2D eigenvalue weighted by atomic mass is 16.5. The molecule has 1 aromatic carbocycles. The predicted octanol–water partition coefficient (Wildman–Crippen LogP) is 3.78. The topological polar surface area (TPSA) is 21.3 Å². The van der Waals surface area contributed by atoms with Crippen LogP contribution in [0.2, 0.25) is 0 Å². The third-order valence-corrected chi connectivity index (χ3v) is 3.15. The molecule has 0 spiro atoms. The zero-order chi connectivity index (χ0) is 11.8. The Morgan fingerprint density at radius 1 is 1.44 bits per heavy atom. The highest BCUT2D eigenvalue weighted by Crippen LogP contribution is 2.39. The first-order valence-electron chi connectivity index (χ1n) is 6.07. The van der Waals surface area contributed by atoms with Crippen molar-refractivity contribution in [3.05, 3.63) is 23.8 Å². The predicted molar refractivity (Wildman–Crippen MR) is 68.3 cm³/mol. The molecule has 2 rings (SSSR count). The first-order valence-corrected chi connectivity index (χ1v) is 6.07. The third kappa shape index (κ3) is 2.16. The fourth-order valence-electron chi connectivity index (χ4n) is 2.61. The van der Waals surface area contributed by atoms with E-state index < -0.39 is 0 Å². The number of rotatable bonds is 2. The van der Waals surface area contributed by atoms with Crippen molar-refractivity contribution >= 4 is 5.69 Å². The molecule has 2 nitrogen and oxygen atoms in total. The van der Waals surface area contributed by atoms with E-state index in [-0.39, 0.29) is 5.54 Å². The Morgan fingerprint density at radius 3 is 2.88 bits per heavy atom. The van der Waals surface area contributed by atoms with Gasteiger partial charge in [0.1, 0.15) is 5.75 Å². The van der Waals surface area contributed by atoms with Crippen LogP contribution in [0.4, 0.5) is 5.69 Å². The van der Waals surface area contributed by atoms with E-state index in [9.17, 15) is 0 Å². The van der Waals surface area contributed by atoms with Crippen LogP contribution in [-0.4, -0.2) is 12.1 Å². The number of fused-ring (bicyclic) bond motifs is 1. The molecule has 1 aromatic rings. The number of hydrogen-bond donors (Lipinski definition) is 1. The molecule has 1 heterocycles. The lowest BCUT2D eigenvalue weighted by atomic mass is 9.82. The molecule has 0 unspecified atom stereocenters. The summed E-state index contributed by atoms with van der Waals surface area (Å²) in [7, 11) is 0. The maximum absolute atomic E-state index is 5.54. The van der Waals surface area contributed by atoms with Gasteiger partial charge in [0.05, 0.1) is 6.61 Å². The Hall–Kier alpha value is -1.18. The van der Waals surface area contributed by atoms with Gasteiger partial charge in [-0.3, -0.25) is 0 Å². The molecule has 0 amide bonds. The van der Waals surface area contributed by atoms with Gasteiger partial charge in [0, 0.05) is 11.2 Å². The van der Waals surface area contributed by atoms with Crippen molar-refractivity contribution in [1.82, 2.24) is 0 Å². The summed E-state index contributed by atoms with van der Waals surface area (Å²) < 4.78 is 5.54. The average molecular weight is 219 g/mol. The van der Waals surface area contributed by atoms with E-state index in [1.165, 1.54) is 11.3 Å². The summed E-state index contributed by atoms with van der Waals surface area (Å²) in [6.07, 6.45) is 1.16. The molecule has 88 valence electrons. The minimum Gasteiger partial charge on any atom is -0.494 e. The second-order valence-electron chi connectivity index (χ2n) is 5.30. The summed E-state index contributed by atoms with van der Waals surface area (Å²) >= 11 is 0. The van der Waals surface area contributed by atoms with Gasteiger partial charge in [0.2, 0.25) is 0 Å². The minimum atomic E-state index is 0.194. The first kappa shape index (κ1) is 11.3. The second kappa shape index (κ2) is 4.00. The second-order valence-corrected chi connectivity index (χ2v) is 5.30. The van der Waals surface area contributed by atoms with Gasteiger partial charge in [-0.05, 0) is 56.9 Å². The van der Waals surface area contributed by atoms with Crippen molar-refractivity contribution in [3.63, 3.8) is 0 Å². The number of nitrogens with one attached hydrogen (secondary N) is 1. The highest BCUT2D eigenvalue weighted by molar-refractivity contribution is 5.59. The molecule has 0 saturated heterocycles. The minimum absolute atomic E-state index is 0.194. The lowest BCUT2D eigenvalue weighted by molar-refractivity contribution is 0.339. The Morgan fingerprint density at radius 2 is 2.19 bits per heavy atom. The summed E-state index contributed by atoms with van der Waals surface area (Å²) in [5.74, 6) is 1.57. The molecule has 16 heavy (non-hydrogen) atoms. The largest absolute Gasteiger partial charge is 0.494 e. The fraction of sp³-hybridized carbons (Fsp3) is 0.571. The van der Waals surface area contributed by atoms with Crippen LogP contribution in [0.25, 0.3) is 0 Å². The van der Waals surface area contributed by atoms with Crippen molar-refractivity contribution in [1.29, 1.82) is 0 Å². The molecule has 0 radical (unpaired) electrons. The van der Waals surface area contributed by atoms with E-state index in [1.54, 1.807) is 0 Å². The Labute approximate surface area is 98.0 Å². The van der Waals surface area contributed by atoms with E-state index in [0.717, 1.165) is 18.8 Å². The first-order chi connectivity index (χ1) is 7.52. The van der Waals surface area contributed by atoms with Gasteiger partial charge in [-0.1, -0.05) is 6.92 Å². The molecule has 1 aliphatic rings. The van der Waals surface area contributed by atoms with Gasteiger partial charge in [-0.15, -0.1) is 0 Å². The van der Waals surface area contributed by atoms with Crippen LogP contribution in [0, 0.1) is 0 Å². The average Bonchev–Trinajstić information content (AvgIpc) is 2.18. The van der Waals surface area contributed by atoms with Gasteiger partial charge < -0.3 is 10.1 Å². The molecule has 1 aliphatic heterocycles. The molecule has 0 saturated carbocycles. The quantitative estimate of drug-likeness (QED) is 0.817. The van der Waals surface area contributed by atoms with Crippen LogP contribution in [0.3, 0.4) is 0 Å². The van der Waals surface area contributed by atoms with Gasteiger partial charge >= 0.3 is 0 Å². The van der Waals surface area contributed by atoms with Crippen LogP contribution in [0.15, 0.2) is 18.2 Å². The van der Waals surface area contributed by atoms with Crippen molar-refractivity contribution in [3.8, 4) is 5.75 Å². The summed E-state index contributed by atoms with van der Waals surface area (Å²) in [6.45, 7) is 9.54. The fourth-order valence-corrected chi connectivity index (χ4v) is 2.61. The SMILES string of the molecule is CCOc1ccc2c(c1)[C@@H](C)CC(C)(C)N2. The van der Waals surface area contributed by atoms with E-state index in [1.807, 2.05) is 13.0 Å². The summed E-state index contributed by atoms with van der Waals surface area (Å²) in [5, 5.41) is 3.58. The summed E-state index contributed by atoms with van der Waals surface area (Å²) in [6, 6.07) is 6.35. The van der Waals surface area contributed by atoms with E-state index in [2.05, 4.69) is 38.2 Å². The van der Waals surface area contributed by atoms with E-state index in [4.69, 9.17) is 4.74 Å². The zero-order valence-corrected chi connectivity index (χ0v) is 10.6. The molecule has 1 N–H and O–H groups in total. The lowest BCUT2D eigenvalue weighted by Gasteiger charge is -2.37. The third-order valence-electron chi connectivity index (χ3n) is 3.15. The molecule has 0 aliphatic carbocycles. The maximum Gasteiger partial charge on any atom is 0.119 e. The Bertz CT molecular complexity index is 384. The smallest absolute Gasteiger partial charge is 0.119 e. The Kier molecular flexibility index (Phi) is 2.83. The van der Waals surface area contributed by atoms with Crippen LogP contribution in [-0.2, 0) is 0 Å². The number of benzene rings is 1. The van der Waals surface area contributed by atoms with Gasteiger partial charge in [-0.2, -0.15) is 0 Å². The maximum atomic E-state index is 5.54. The number of anilines is 1. The zero-order valence-electron chi connectivity index (χ0n) is 10.6. The van der Waals surface area contributed by atoms with Gasteiger partial charge in [0.25, 0.3) is 0 Å². The normalized spacial score (nSPS) is 22.1. The molecule has 0 aromatic heterocycles. The Balaban J connectivity index is 2.33. The van der Waals surface area contributed by atoms with Gasteiger partial charge in [0.15, 0.2) is 0 Å². The van der Waals surface area contributed by atoms with Crippen LogP contribution < -0.4 is 10.1 Å². The molecular weight excluding hydrogens is 198 g/mol. The van der Waals surface area contributed by atoms with Crippen molar-refractivity contribution in [2.45, 2.75) is 45.6 Å². The van der Waals surface area contributed by atoms with Crippen LogP contribution in [0.5, 0.6) is 5.75 Å². The molecule has 1 atom stereocenters. The molecule has 2 heteroatoms. The summed E-state index contributed by atoms with van der Waals surface area (Å²) in [4.78, 5) is 0. The van der Waals surface area contributed by atoms with Crippen LogP contribution in [0.1, 0.15) is 45.6 Å². The number of hydrogen-bond acceptors (Lipinski definition) is 2. The summed E-state index contributed by atoms with van der Waals surface area (Å²) in [5.41, 5.74) is 2.83. The van der Waals surface area contributed by atoms with Crippen molar-refractivity contribution in [2.75, 3.05) is 11.9 Å². The van der Waals surface area contributed by atoms with E-state index in [0.29, 0.717) is 5.92 Å². The number of ether oxygens (including phenoxy) is 1. The van der Waals surface area contributed by atoms with Crippen LogP contribution >= 0.6 is 0 Å². The highest BCUT2D eigenvalue weighted by Gasteiger charge is 2.29. The van der Waals surface area contributed by atoms with Gasteiger partial charge in [-0.25, -0.2) is 0 Å². The molecular formula is C14H21NO. The van der Waals surface area contributed by atoms with E-state index >= 15 is 0 Å². The van der Waals surface area contributed by atoms with Crippen molar-refractivity contribution < 1.29 is 4.74 Å². The molecule has 0 bridgehead atoms. The lowest BCUT2D eigenvalue weighted by Crippen LogP contribution is -2.36. The van der Waals surface area contributed by atoms with Crippen molar-refractivity contribution in [2.24, 2.45) is 0 Å².